The summed E-state index contributed by atoms with van der Waals surface area (Å²) in [6, 6.07) is 8.74. The van der Waals surface area contributed by atoms with Gasteiger partial charge in [-0.15, -0.1) is 0 Å². The maximum atomic E-state index is 15.4. The second-order valence-electron chi connectivity index (χ2n) is 41.9. The largest absolute Gasteiger partial charge is 0.518 e. The van der Waals surface area contributed by atoms with Gasteiger partial charge in [-0.2, -0.15) is 0 Å². The number of ether oxygens (including phenoxy) is 10. The van der Waals surface area contributed by atoms with Gasteiger partial charge in [-0.05, 0) is 146 Å². The molecule has 0 bridgehead atoms. The molecule has 26 heteroatoms. The molecule has 2 spiro atoms. The van der Waals surface area contributed by atoms with Crippen LogP contribution in [0.1, 0.15) is 290 Å². The van der Waals surface area contributed by atoms with Gasteiger partial charge in [0.05, 0.1) is 79.1 Å². The molecule has 696 valence electrons. The zero-order valence-corrected chi connectivity index (χ0v) is 88.2. The molecule has 21 atom stereocenters. The Morgan fingerprint density at radius 2 is 1.11 bits per heavy atom. The molecule has 6 aliphatic heterocycles. The lowest BCUT2D eigenvalue weighted by Crippen LogP contribution is -2.67. The summed E-state index contributed by atoms with van der Waals surface area (Å²) in [5.41, 5.74) is 0.504. The summed E-state index contributed by atoms with van der Waals surface area (Å²) in [5, 5.41) is -0.121. The second-order valence-corrected chi connectivity index (χ2v) is 70.9. The summed E-state index contributed by atoms with van der Waals surface area (Å²) in [6.45, 7) is 74.4. The standard InChI is InChI=1S/C94H176O20Si6/c1-36-117(37-2,38-3)111-83-50-51-101-87(71(83)20)88(113-118(39-4,40-5)41-6)94(100-31)62-84(110-116(34,35)90(26,27)28)70(19)82(108-94)49-47-45-46-48-74-53-80(109-115(32,33)89(23,24)25)61-92(104-74)59-77(99-30)54-75(105-92)56-81(97)69(18)86(103-73(22)96)68(17)67(16)52-79-58-91(29,114-119(42-7,43-8)44-9)63-93(107-79)60-78(102-72(21)95)55-76(106-93)57-85(98)112-120(64(10)11,65(12)13)66(14)15/h46,48,50-51,64-66,68-71,74-80,82-84,86-88H,16,36-45,47,49,52-63H2,1-15,17-35H3/b48-46-/t68-,69-,70+,71-,74+,75+,76-,77+,78+,79+,80+,82-,83+,84+,86+,87-,88+,91+,92+,93-,94-/m1/s1. The first kappa shape index (κ1) is 107. The Morgan fingerprint density at radius 1 is 0.583 bits per heavy atom. The zero-order chi connectivity index (χ0) is 90.5. The van der Waals surface area contributed by atoms with Crippen molar-refractivity contribution in [3.8, 4) is 0 Å². The normalized spacial score (nSPS) is 31.3. The maximum absolute atomic E-state index is 15.4. The van der Waals surface area contributed by atoms with Crippen LogP contribution in [-0.4, -0.2) is 190 Å². The number of hydrogen-bond acceptors (Lipinski definition) is 20. The second kappa shape index (κ2) is 44.0. The third-order valence-electron chi connectivity index (χ3n) is 30.8. The van der Waals surface area contributed by atoms with Crippen molar-refractivity contribution in [3.05, 3.63) is 36.6 Å². The summed E-state index contributed by atoms with van der Waals surface area (Å²) >= 11 is 0. The molecule has 5 saturated heterocycles. The number of ketones is 1. The van der Waals surface area contributed by atoms with Crippen molar-refractivity contribution >= 4 is 73.6 Å². The van der Waals surface area contributed by atoms with Gasteiger partial charge in [0.25, 0.3) is 14.3 Å². The van der Waals surface area contributed by atoms with Crippen LogP contribution >= 0.6 is 0 Å². The number of allylic oxidation sites excluding steroid dienone is 1. The van der Waals surface area contributed by atoms with Crippen LogP contribution < -0.4 is 0 Å². The van der Waals surface area contributed by atoms with E-state index in [1.54, 1.807) is 14.2 Å². The number of hydrogen-bond donors (Lipinski definition) is 0. The molecule has 6 rings (SSSR count). The Kier molecular flexibility index (Phi) is 39.1. The maximum Gasteiger partial charge on any atom is 0.302 e. The van der Waals surface area contributed by atoms with Crippen LogP contribution in [0.3, 0.4) is 0 Å². The Bertz CT molecular complexity index is 3260. The van der Waals surface area contributed by atoms with E-state index in [0.29, 0.717) is 57.8 Å². The molecule has 0 amide bonds. The fraction of sp³-hybridized carbons (Fsp3) is 0.894. The van der Waals surface area contributed by atoms with Gasteiger partial charge in [0.1, 0.15) is 30.2 Å². The van der Waals surface area contributed by atoms with E-state index < -0.39 is 139 Å². The smallest absolute Gasteiger partial charge is 0.302 e. The number of esters is 2. The predicted molar refractivity (Wildman–Crippen MR) is 497 cm³/mol. The minimum atomic E-state index is -2.62. The molecule has 6 heterocycles. The highest BCUT2D eigenvalue weighted by Gasteiger charge is 2.62. The minimum absolute atomic E-state index is 0.0151. The van der Waals surface area contributed by atoms with Crippen molar-refractivity contribution in [3.63, 3.8) is 0 Å². The highest BCUT2D eigenvalue weighted by Crippen LogP contribution is 2.54. The van der Waals surface area contributed by atoms with Crippen LogP contribution in [0.15, 0.2) is 36.6 Å². The fourth-order valence-corrected chi connectivity index (χ4v) is 37.6. The minimum Gasteiger partial charge on any atom is -0.518 e. The number of unbranched alkanes of at least 4 members (excludes halogenated alkanes) is 1. The Balaban J connectivity index is 1.28. The molecule has 0 aromatic carbocycles. The van der Waals surface area contributed by atoms with E-state index >= 15 is 4.79 Å². The van der Waals surface area contributed by atoms with Gasteiger partial charge in [0.15, 0.2) is 58.9 Å². The summed E-state index contributed by atoms with van der Waals surface area (Å²) in [7, 11) is -10.5. The average Bonchev–Trinajstić information content (AvgIpc) is 0.732. The van der Waals surface area contributed by atoms with Crippen molar-refractivity contribution in [2.45, 2.75) is 500 Å². The third kappa shape index (κ3) is 26.4. The number of rotatable bonds is 44. The van der Waals surface area contributed by atoms with Crippen molar-refractivity contribution < 1.29 is 93.1 Å². The van der Waals surface area contributed by atoms with E-state index in [0.717, 1.165) is 79.2 Å². The van der Waals surface area contributed by atoms with Gasteiger partial charge in [-0.3, -0.25) is 19.2 Å². The van der Waals surface area contributed by atoms with E-state index in [4.69, 9.17) is 80.5 Å². The molecule has 5 fully saturated rings. The first-order valence-electron chi connectivity index (χ1n) is 47.3. The van der Waals surface area contributed by atoms with E-state index in [-0.39, 0.29) is 106 Å². The van der Waals surface area contributed by atoms with Gasteiger partial charge in [-0.25, -0.2) is 0 Å². The quantitative estimate of drug-likeness (QED) is 0.0240. The first-order valence-corrected chi connectivity index (χ1v) is 62.9. The van der Waals surface area contributed by atoms with Crippen LogP contribution in [-0.2, 0) is 93.1 Å². The molecular weight excluding hydrogens is 1620 g/mol. The van der Waals surface area contributed by atoms with Crippen LogP contribution in [0.4, 0.5) is 0 Å². The van der Waals surface area contributed by atoms with Crippen LogP contribution in [0.5, 0.6) is 0 Å². The van der Waals surface area contributed by atoms with Crippen LogP contribution in [0.25, 0.3) is 0 Å². The Labute approximate surface area is 736 Å². The summed E-state index contributed by atoms with van der Waals surface area (Å²) in [5.74, 6) is -6.41. The van der Waals surface area contributed by atoms with Gasteiger partial charge in [0, 0.05) is 110 Å². The number of Topliss-reactive ketones (excluding diaryl/α,β-unsaturated/α-hetero) is 1. The summed E-state index contributed by atoms with van der Waals surface area (Å²) in [4.78, 5) is 56.2. The molecule has 20 nitrogen and oxygen atoms in total. The topological polar surface area (TPSA) is 216 Å². The number of carbonyl (C=O) groups is 4. The lowest BCUT2D eigenvalue weighted by molar-refractivity contribution is -0.347. The van der Waals surface area contributed by atoms with Crippen LogP contribution in [0.2, 0.25) is 107 Å². The first-order chi connectivity index (χ1) is 55.7. The predicted octanol–water partition coefficient (Wildman–Crippen LogP) is 23.6. The van der Waals surface area contributed by atoms with Crippen molar-refractivity contribution in [2.24, 2.45) is 23.7 Å². The highest BCUT2D eigenvalue weighted by atomic mass is 28.4. The van der Waals surface area contributed by atoms with Gasteiger partial charge in [0.2, 0.25) is 0 Å². The molecule has 0 aliphatic carbocycles. The molecule has 6 aliphatic rings. The lowest BCUT2D eigenvalue weighted by atomic mass is 9.78. The fourth-order valence-electron chi connectivity index (χ4n) is 20.8. The summed E-state index contributed by atoms with van der Waals surface area (Å²) < 4.78 is 114. The van der Waals surface area contributed by atoms with E-state index in [1.165, 1.54) is 13.8 Å². The lowest BCUT2D eigenvalue weighted by Gasteiger charge is -2.55. The highest BCUT2D eigenvalue weighted by molar-refractivity contribution is 6.79. The van der Waals surface area contributed by atoms with E-state index in [9.17, 15) is 14.4 Å². The third-order valence-corrected chi connectivity index (χ3v) is 59.9. The monoisotopic (exact) mass is 1790 g/mol. The van der Waals surface area contributed by atoms with Gasteiger partial charge >= 0.3 is 11.9 Å². The van der Waals surface area contributed by atoms with Crippen molar-refractivity contribution in [1.82, 2.24) is 0 Å². The van der Waals surface area contributed by atoms with Gasteiger partial charge in [-0.1, -0.05) is 197 Å². The average molecular weight is 1790 g/mol. The molecule has 0 unspecified atom stereocenters. The molecule has 0 aromatic rings. The van der Waals surface area contributed by atoms with Crippen molar-refractivity contribution in [2.75, 3.05) is 14.2 Å². The Hall–Kier alpha value is -2.08. The number of methoxy groups -OCH3 is 2. The SMILES string of the molecule is C=C(C[C@H]1C[C@](C)(O[Si](CC)(CC)CC)C[C@@]2(C[C@@H](OC(C)=O)C[C@H](CC(=O)O[Si](C(C)C)(C(C)C)C(C)C)O2)O1)[C@@H](C)[C@H](OC(C)=O)[C@H](C)C(=O)C[C@@H]1C[C@H](OC)C[C@@]2(C[C@@H](O[Si](C)(C)C(C)(C)C)C[C@H](/C=C\CCC[C@H]3O[C@@](OC)([C@@H](O[Si](CC)(CC)CC)[C@@H]4OC=C[C@H](O[Si](CC)(CC)CC)[C@H]4C)C[C@H](O[Si](C)(C)C(C)(C)C)[C@H]3C)O2)O1. The molecule has 0 saturated carbocycles. The zero-order valence-electron chi connectivity index (χ0n) is 82.2. The molecule has 0 aromatic heterocycles. The van der Waals surface area contributed by atoms with E-state index in [1.807, 2.05) is 20.1 Å². The van der Waals surface area contributed by atoms with Gasteiger partial charge < -0.3 is 73.9 Å². The van der Waals surface area contributed by atoms with E-state index in [2.05, 4.69) is 211 Å². The van der Waals surface area contributed by atoms with Crippen LogP contribution in [0, 0.1) is 23.7 Å². The molecular formula is C94H176O20Si6. The van der Waals surface area contributed by atoms with Crippen molar-refractivity contribution in [1.29, 1.82) is 0 Å². The molecule has 120 heavy (non-hydrogen) atoms. The molecule has 0 radical (unpaired) electrons. The molecule has 0 N–H and O–H groups in total. The summed E-state index contributed by atoms with van der Waals surface area (Å²) in [6.07, 6.45) is 9.06. The number of carbonyl (C=O) groups excluding carboxylic acids is 4. The Morgan fingerprint density at radius 3 is 1.63 bits per heavy atom.